The van der Waals surface area contributed by atoms with E-state index < -0.39 is 15.9 Å². The molecule has 0 bridgehead atoms. The Balaban J connectivity index is 1.40. The van der Waals surface area contributed by atoms with Crippen LogP contribution in [0.5, 0.6) is 11.5 Å². The molecular formula is C25H22N2O6S. The summed E-state index contributed by atoms with van der Waals surface area (Å²) in [4.78, 5) is 12.6. The summed E-state index contributed by atoms with van der Waals surface area (Å²) in [6, 6.07) is 24.9. The summed E-state index contributed by atoms with van der Waals surface area (Å²) in [6.45, 7) is 0.169. The third-order valence-corrected chi connectivity index (χ3v) is 6.13. The molecule has 0 aliphatic heterocycles. The first-order valence-corrected chi connectivity index (χ1v) is 11.8. The highest BCUT2D eigenvalue weighted by molar-refractivity contribution is 7.92. The number of rotatable bonds is 9. The zero-order valence-electron chi connectivity index (χ0n) is 18.2. The van der Waals surface area contributed by atoms with E-state index >= 15 is 0 Å². The number of hydrogen-bond donors (Lipinski definition) is 2. The van der Waals surface area contributed by atoms with Crippen molar-refractivity contribution in [2.45, 2.75) is 11.5 Å². The molecule has 0 spiro atoms. The molecule has 1 heterocycles. The predicted octanol–water partition coefficient (Wildman–Crippen LogP) is 4.92. The summed E-state index contributed by atoms with van der Waals surface area (Å²) < 4.78 is 44.3. The van der Waals surface area contributed by atoms with Crippen LogP contribution in [0.1, 0.15) is 16.3 Å². The minimum absolute atomic E-state index is 0.00230. The SMILES string of the molecule is COc1ccc(NS(=O)(=O)c2cccc(NC(=O)c3ccc(COc4ccccc4)o3)c2)cc1. The third kappa shape index (κ3) is 5.76. The predicted molar refractivity (Wildman–Crippen MR) is 128 cm³/mol. The van der Waals surface area contributed by atoms with E-state index in [2.05, 4.69) is 10.0 Å². The van der Waals surface area contributed by atoms with Crippen LogP contribution in [0.15, 0.2) is 100 Å². The molecule has 3 aromatic carbocycles. The van der Waals surface area contributed by atoms with E-state index in [1.807, 2.05) is 30.3 Å². The van der Waals surface area contributed by atoms with Crippen molar-refractivity contribution in [2.75, 3.05) is 17.1 Å². The van der Waals surface area contributed by atoms with Gasteiger partial charge < -0.3 is 19.2 Å². The van der Waals surface area contributed by atoms with Gasteiger partial charge in [0.05, 0.1) is 12.0 Å². The van der Waals surface area contributed by atoms with Gasteiger partial charge in [-0.2, -0.15) is 0 Å². The Hall–Kier alpha value is -4.24. The van der Waals surface area contributed by atoms with Gasteiger partial charge in [-0.3, -0.25) is 9.52 Å². The summed E-state index contributed by atoms with van der Waals surface area (Å²) in [5.41, 5.74) is 0.692. The van der Waals surface area contributed by atoms with E-state index in [1.54, 1.807) is 42.5 Å². The molecule has 0 aliphatic carbocycles. The van der Waals surface area contributed by atoms with Crippen LogP contribution in [-0.2, 0) is 16.6 Å². The first kappa shape index (κ1) is 22.9. The lowest BCUT2D eigenvalue weighted by atomic mass is 10.3. The summed E-state index contributed by atoms with van der Waals surface area (Å²) in [7, 11) is -2.34. The first-order valence-electron chi connectivity index (χ1n) is 10.3. The molecule has 34 heavy (non-hydrogen) atoms. The van der Waals surface area contributed by atoms with Crippen LogP contribution in [0, 0.1) is 0 Å². The van der Waals surface area contributed by atoms with Gasteiger partial charge in [-0.15, -0.1) is 0 Å². The van der Waals surface area contributed by atoms with Gasteiger partial charge in [-0.25, -0.2) is 8.42 Å². The van der Waals surface area contributed by atoms with E-state index in [4.69, 9.17) is 13.9 Å². The molecule has 0 atom stereocenters. The fourth-order valence-electron chi connectivity index (χ4n) is 3.06. The van der Waals surface area contributed by atoms with Crippen molar-refractivity contribution in [3.8, 4) is 11.5 Å². The number of carbonyl (C=O) groups is 1. The minimum Gasteiger partial charge on any atom is -0.497 e. The first-order chi connectivity index (χ1) is 16.4. The number of benzene rings is 3. The Morgan fingerprint density at radius 1 is 0.853 bits per heavy atom. The van der Waals surface area contributed by atoms with Gasteiger partial charge >= 0.3 is 0 Å². The molecule has 0 fully saturated rings. The van der Waals surface area contributed by atoms with Crippen molar-refractivity contribution in [1.82, 2.24) is 0 Å². The number of para-hydroxylation sites is 1. The lowest BCUT2D eigenvalue weighted by Crippen LogP contribution is -2.14. The third-order valence-electron chi connectivity index (χ3n) is 4.75. The Morgan fingerprint density at radius 2 is 1.62 bits per heavy atom. The monoisotopic (exact) mass is 478 g/mol. The van der Waals surface area contributed by atoms with E-state index in [9.17, 15) is 13.2 Å². The fraction of sp³-hybridized carbons (Fsp3) is 0.0800. The van der Waals surface area contributed by atoms with E-state index in [0.29, 0.717) is 28.6 Å². The van der Waals surface area contributed by atoms with Crippen molar-refractivity contribution in [3.05, 3.63) is 103 Å². The molecule has 4 aromatic rings. The summed E-state index contributed by atoms with van der Waals surface area (Å²) in [6.07, 6.45) is 0. The van der Waals surface area contributed by atoms with E-state index in [1.165, 1.54) is 25.3 Å². The molecule has 4 rings (SSSR count). The second-order valence-electron chi connectivity index (χ2n) is 7.18. The largest absolute Gasteiger partial charge is 0.497 e. The Labute approximate surface area is 197 Å². The fourth-order valence-corrected chi connectivity index (χ4v) is 4.16. The van der Waals surface area contributed by atoms with Crippen LogP contribution < -0.4 is 19.5 Å². The number of nitrogens with one attached hydrogen (secondary N) is 2. The molecule has 0 saturated heterocycles. The van der Waals surface area contributed by atoms with Crippen molar-refractivity contribution < 1.29 is 27.1 Å². The van der Waals surface area contributed by atoms with Gasteiger partial charge in [-0.1, -0.05) is 24.3 Å². The summed E-state index contributed by atoms with van der Waals surface area (Å²) in [5, 5.41) is 2.65. The molecule has 0 unspecified atom stereocenters. The highest BCUT2D eigenvalue weighted by atomic mass is 32.2. The van der Waals surface area contributed by atoms with Crippen LogP contribution in [-0.4, -0.2) is 21.4 Å². The number of methoxy groups -OCH3 is 1. The van der Waals surface area contributed by atoms with Crippen molar-refractivity contribution in [1.29, 1.82) is 0 Å². The Bertz CT molecular complexity index is 1370. The highest BCUT2D eigenvalue weighted by Gasteiger charge is 2.17. The maximum Gasteiger partial charge on any atom is 0.291 e. The smallest absolute Gasteiger partial charge is 0.291 e. The minimum atomic E-state index is -3.87. The van der Waals surface area contributed by atoms with Gasteiger partial charge in [-0.05, 0) is 66.7 Å². The Morgan fingerprint density at radius 3 is 2.35 bits per heavy atom. The Kier molecular flexibility index (Phi) is 6.84. The number of hydrogen-bond acceptors (Lipinski definition) is 6. The molecular weight excluding hydrogens is 456 g/mol. The molecule has 0 saturated carbocycles. The summed E-state index contributed by atoms with van der Waals surface area (Å²) >= 11 is 0. The van der Waals surface area contributed by atoms with Gasteiger partial charge in [0.25, 0.3) is 15.9 Å². The average molecular weight is 479 g/mol. The van der Waals surface area contributed by atoms with Crippen LogP contribution in [0.3, 0.4) is 0 Å². The highest BCUT2D eigenvalue weighted by Crippen LogP contribution is 2.22. The average Bonchev–Trinajstić information content (AvgIpc) is 3.33. The number of anilines is 2. The van der Waals surface area contributed by atoms with Crippen LogP contribution in [0.25, 0.3) is 0 Å². The molecule has 0 radical (unpaired) electrons. The van der Waals surface area contributed by atoms with Gasteiger partial charge in [0.15, 0.2) is 5.76 Å². The van der Waals surface area contributed by atoms with Gasteiger partial charge in [0.1, 0.15) is 23.9 Å². The van der Waals surface area contributed by atoms with Crippen LogP contribution in [0.4, 0.5) is 11.4 Å². The molecule has 1 aromatic heterocycles. The van der Waals surface area contributed by atoms with Crippen molar-refractivity contribution in [3.63, 3.8) is 0 Å². The lowest BCUT2D eigenvalue weighted by Gasteiger charge is -2.10. The van der Waals surface area contributed by atoms with E-state index in [0.717, 1.165) is 0 Å². The molecule has 8 nitrogen and oxygen atoms in total. The number of furan rings is 1. The van der Waals surface area contributed by atoms with Gasteiger partial charge in [0.2, 0.25) is 0 Å². The normalized spacial score (nSPS) is 11.0. The lowest BCUT2D eigenvalue weighted by molar-refractivity contribution is 0.0992. The molecule has 0 aliphatic rings. The molecule has 174 valence electrons. The molecule has 1 amide bonds. The number of sulfonamides is 1. The zero-order chi connectivity index (χ0) is 24.0. The second kappa shape index (κ2) is 10.1. The number of ether oxygens (including phenoxy) is 2. The van der Waals surface area contributed by atoms with Crippen LogP contribution >= 0.6 is 0 Å². The molecule has 9 heteroatoms. The number of amides is 1. The topological polar surface area (TPSA) is 107 Å². The van der Waals surface area contributed by atoms with E-state index in [-0.39, 0.29) is 17.3 Å². The zero-order valence-corrected chi connectivity index (χ0v) is 19.0. The van der Waals surface area contributed by atoms with Crippen molar-refractivity contribution in [2.24, 2.45) is 0 Å². The standard InChI is InChI=1S/C25H22N2O6S/c1-31-20-12-10-18(11-13-20)27-34(29,30)23-9-5-6-19(16-23)26-25(28)24-15-14-22(33-24)17-32-21-7-3-2-4-8-21/h2-16,27H,17H2,1H3,(H,26,28). The second-order valence-corrected chi connectivity index (χ2v) is 8.87. The number of carbonyl (C=O) groups excluding carboxylic acids is 1. The molecule has 2 N–H and O–H groups in total. The van der Waals surface area contributed by atoms with Crippen LogP contribution in [0.2, 0.25) is 0 Å². The maximum absolute atomic E-state index is 12.8. The van der Waals surface area contributed by atoms with Crippen molar-refractivity contribution >= 4 is 27.3 Å². The summed E-state index contributed by atoms with van der Waals surface area (Å²) in [5.74, 6) is 1.35. The maximum atomic E-state index is 12.8. The quantitative estimate of drug-likeness (QED) is 0.354. The van der Waals surface area contributed by atoms with Gasteiger partial charge in [0, 0.05) is 11.4 Å².